The molecule has 0 bridgehead atoms. The Kier molecular flexibility index (Phi) is 6.11. The van der Waals surface area contributed by atoms with Crippen molar-refractivity contribution in [1.82, 2.24) is 24.7 Å². The molecule has 4 aromatic heterocycles. The molecule has 0 atom stereocenters. The maximum absolute atomic E-state index is 12.0. The minimum atomic E-state index is -5.08. The van der Waals surface area contributed by atoms with Gasteiger partial charge in [-0.3, -0.25) is 14.2 Å². The second-order valence-corrected chi connectivity index (χ2v) is 6.16. The lowest BCUT2D eigenvalue weighted by molar-refractivity contribution is -0.192. The summed E-state index contributed by atoms with van der Waals surface area (Å²) < 4.78 is 33.3. The first-order valence-corrected chi connectivity index (χ1v) is 8.64. The molecule has 8 nitrogen and oxygen atoms in total. The van der Waals surface area contributed by atoms with Gasteiger partial charge < -0.3 is 15.4 Å². The highest BCUT2D eigenvalue weighted by Gasteiger charge is 2.38. The number of fused-ring (bicyclic) bond motifs is 2. The Morgan fingerprint density at radius 1 is 1.23 bits per heavy atom. The van der Waals surface area contributed by atoms with E-state index in [9.17, 15) is 18.0 Å². The fourth-order valence-electron chi connectivity index (χ4n) is 2.70. The third kappa shape index (κ3) is 5.00. The van der Waals surface area contributed by atoms with Gasteiger partial charge >= 0.3 is 12.1 Å². The van der Waals surface area contributed by atoms with Gasteiger partial charge in [0.05, 0.1) is 17.4 Å². The van der Waals surface area contributed by atoms with E-state index in [0.717, 1.165) is 16.6 Å². The first kappa shape index (κ1) is 21.0. The van der Waals surface area contributed by atoms with E-state index >= 15 is 0 Å². The number of nitrogens with one attached hydrogen (secondary N) is 2. The maximum atomic E-state index is 12.0. The Balaban J connectivity index is 0.000000318. The van der Waals surface area contributed by atoms with E-state index in [-0.39, 0.29) is 5.56 Å². The predicted octanol–water partition coefficient (Wildman–Crippen LogP) is 2.49. The number of rotatable bonds is 4. The van der Waals surface area contributed by atoms with Crippen molar-refractivity contribution in [3.05, 3.63) is 76.7 Å². The quantitative estimate of drug-likeness (QED) is 0.469. The van der Waals surface area contributed by atoms with Crippen LogP contribution in [0.2, 0.25) is 0 Å². The Bertz CT molecular complexity index is 1230. The summed E-state index contributed by atoms with van der Waals surface area (Å²) in [6, 6.07) is 9.08. The molecule has 0 spiro atoms. The monoisotopic (exact) mass is 419 g/mol. The number of aliphatic carboxylic acids is 1. The second kappa shape index (κ2) is 8.74. The van der Waals surface area contributed by atoms with Crippen LogP contribution in [0.3, 0.4) is 0 Å². The topological polar surface area (TPSA) is 112 Å². The number of pyridine rings is 2. The van der Waals surface area contributed by atoms with Crippen molar-refractivity contribution < 1.29 is 23.1 Å². The van der Waals surface area contributed by atoms with E-state index in [1.165, 1.54) is 9.96 Å². The molecule has 0 aromatic carbocycles. The van der Waals surface area contributed by atoms with Crippen LogP contribution in [0.25, 0.3) is 16.6 Å². The molecule has 0 amide bonds. The van der Waals surface area contributed by atoms with Gasteiger partial charge in [0.1, 0.15) is 5.65 Å². The molecule has 3 N–H and O–H groups in total. The zero-order valence-electron chi connectivity index (χ0n) is 15.3. The lowest BCUT2D eigenvalue weighted by Crippen LogP contribution is -2.21. The number of H-pyrrole nitrogens is 1. The molecule has 4 aromatic rings. The zero-order valence-corrected chi connectivity index (χ0v) is 15.3. The van der Waals surface area contributed by atoms with Crippen LogP contribution < -0.4 is 10.9 Å². The molecular weight excluding hydrogens is 403 g/mol. The first-order valence-electron chi connectivity index (χ1n) is 8.64. The number of carboxylic acids is 1. The van der Waals surface area contributed by atoms with E-state index in [1.54, 1.807) is 18.5 Å². The Morgan fingerprint density at radius 3 is 2.73 bits per heavy atom. The summed E-state index contributed by atoms with van der Waals surface area (Å²) in [4.78, 5) is 32.7. The van der Waals surface area contributed by atoms with Crippen LogP contribution in [0.5, 0.6) is 0 Å². The lowest BCUT2D eigenvalue weighted by atomic mass is 10.2. The van der Waals surface area contributed by atoms with Crippen LogP contribution in [0.4, 0.5) is 13.2 Å². The molecule has 0 saturated carbocycles. The van der Waals surface area contributed by atoms with Gasteiger partial charge in [0.25, 0.3) is 5.56 Å². The number of carboxylic acid groups (broad SMARTS) is 1. The Hall–Kier alpha value is -3.73. The average molecular weight is 419 g/mol. The van der Waals surface area contributed by atoms with Gasteiger partial charge in [0.2, 0.25) is 0 Å². The minimum absolute atomic E-state index is 0.0643. The normalized spacial score (nSPS) is 11.3. The van der Waals surface area contributed by atoms with Gasteiger partial charge in [0.15, 0.2) is 0 Å². The highest BCUT2D eigenvalue weighted by atomic mass is 19.4. The average Bonchev–Trinajstić information content (AvgIpc) is 3.11. The third-order valence-electron chi connectivity index (χ3n) is 4.06. The van der Waals surface area contributed by atoms with Gasteiger partial charge in [-0.2, -0.15) is 13.2 Å². The van der Waals surface area contributed by atoms with Crippen molar-refractivity contribution in [1.29, 1.82) is 0 Å². The van der Waals surface area contributed by atoms with Crippen molar-refractivity contribution >= 4 is 22.5 Å². The first-order chi connectivity index (χ1) is 14.3. The van der Waals surface area contributed by atoms with E-state index in [0.29, 0.717) is 18.7 Å². The summed E-state index contributed by atoms with van der Waals surface area (Å²) in [6.45, 7) is 1.23. The highest BCUT2D eigenvalue weighted by molar-refractivity contribution is 5.82. The standard InChI is InChI=1S/C17H15N5O.C2HF3O2/c23-17-7-13(21-16-3-1-2-6-22(16)17)10-19-8-12-9-20-15-11-18-5-4-14(12)15;3-2(4,5)1(6)7/h1-7,9,11,19-20H,8,10H2;(H,6,7). The molecule has 0 fully saturated rings. The minimum Gasteiger partial charge on any atom is -0.475 e. The number of hydrogen-bond donors (Lipinski definition) is 3. The van der Waals surface area contributed by atoms with Crippen LogP contribution >= 0.6 is 0 Å². The number of aromatic nitrogens is 4. The molecule has 0 saturated heterocycles. The van der Waals surface area contributed by atoms with Crippen molar-refractivity contribution in [3.63, 3.8) is 0 Å². The number of aromatic amines is 1. The summed E-state index contributed by atoms with van der Waals surface area (Å²) in [5.74, 6) is -2.76. The summed E-state index contributed by atoms with van der Waals surface area (Å²) >= 11 is 0. The molecule has 4 heterocycles. The van der Waals surface area contributed by atoms with E-state index in [1.807, 2.05) is 36.7 Å². The fraction of sp³-hybridized carbons (Fsp3) is 0.158. The van der Waals surface area contributed by atoms with Crippen molar-refractivity contribution in [3.8, 4) is 0 Å². The number of alkyl halides is 3. The third-order valence-corrected chi connectivity index (χ3v) is 4.06. The predicted molar refractivity (Wildman–Crippen MR) is 102 cm³/mol. The van der Waals surface area contributed by atoms with Crippen molar-refractivity contribution in [2.45, 2.75) is 19.3 Å². The lowest BCUT2D eigenvalue weighted by Gasteiger charge is -2.05. The molecule has 0 unspecified atom stereocenters. The number of carbonyl (C=O) groups is 1. The van der Waals surface area contributed by atoms with Crippen LogP contribution in [-0.2, 0) is 17.9 Å². The van der Waals surface area contributed by atoms with Gasteiger partial charge in [-0.15, -0.1) is 0 Å². The number of halogens is 3. The molecule has 156 valence electrons. The summed E-state index contributed by atoms with van der Waals surface area (Å²) in [5.41, 5.74) is 3.52. The highest BCUT2D eigenvalue weighted by Crippen LogP contribution is 2.16. The molecule has 0 aliphatic heterocycles. The number of nitrogens with zero attached hydrogens (tertiary/aromatic N) is 3. The Morgan fingerprint density at radius 2 is 2.00 bits per heavy atom. The maximum Gasteiger partial charge on any atom is 0.490 e. The molecule has 4 rings (SSSR count). The van der Waals surface area contributed by atoms with Crippen LogP contribution in [0.1, 0.15) is 11.3 Å². The largest absolute Gasteiger partial charge is 0.490 e. The van der Waals surface area contributed by atoms with Gasteiger partial charge in [-0.25, -0.2) is 9.78 Å². The Labute approximate surface area is 167 Å². The van der Waals surface area contributed by atoms with Crippen molar-refractivity contribution in [2.24, 2.45) is 0 Å². The fourth-order valence-corrected chi connectivity index (χ4v) is 2.70. The van der Waals surface area contributed by atoms with Crippen LogP contribution in [0.15, 0.2) is 59.9 Å². The van der Waals surface area contributed by atoms with Crippen molar-refractivity contribution in [2.75, 3.05) is 0 Å². The second-order valence-electron chi connectivity index (χ2n) is 6.16. The molecule has 0 aliphatic carbocycles. The summed E-state index contributed by atoms with van der Waals surface area (Å²) in [5, 5.41) is 11.6. The molecule has 0 radical (unpaired) electrons. The number of hydrogen-bond acceptors (Lipinski definition) is 5. The molecular formula is C19H16F3N5O3. The van der Waals surface area contributed by atoms with E-state index in [2.05, 4.69) is 20.3 Å². The van der Waals surface area contributed by atoms with Gasteiger partial charge in [0, 0.05) is 43.1 Å². The molecule has 11 heteroatoms. The van der Waals surface area contributed by atoms with Crippen LogP contribution in [-0.4, -0.2) is 36.6 Å². The summed E-state index contributed by atoms with van der Waals surface area (Å²) in [7, 11) is 0. The summed E-state index contributed by atoms with van der Waals surface area (Å²) in [6.07, 6.45) is 2.21. The van der Waals surface area contributed by atoms with Gasteiger partial charge in [-0.05, 0) is 23.8 Å². The van der Waals surface area contributed by atoms with E-state index in [4.69, 9.17) is 9.90 Å². The SMILES string of the molecule is O=C(O)C(F)(F)F.O=c1cc(CNCc2c[nH]c3cnccc23)nc2ccccn12. The van der Waals surface area contributed by atoms with Crippen LogP contribution in [0, 0.1) is 0 Å². The van der Waals surface area contributed by atoms with Gasteiger partial charge in [-0.1, -0.05) is 6.07 Å². The zero-order chi connectivity index (χ0) is 21.7. The molecule has 30 heavy (non-hydrogen) atoms. The van der Waals surface area contributed by atoms with E-state index < -0.39 is 12.1 Å². The molecule has 0 aliphatic rings. The smallest absolute Gasteiger partial charge is 0.475 e.